The van der Waals surface area contributed by atoms with Gasteiger partial charge in [-0.2, -0.15) is 0 Å². The third-order valence-corrected chi connectivity index (χ3v) is 12.2. The summed E-state index contributed by atoms with van der Waals surface area (Å²) in [6.07, 6.45) is 3.03. The van der Waals surface area contributed by atoms with Crippen LogP contribution < -0.4 is 0 Å². The molecule has 5 heteroatoms. The molecule has 7 aromatic carbocycles. The number of rotatable bonds is 8. The summed E-state index contributed by atoms with van der Waals surface area (Å²) < 4.78 is 8.97. The van der Waals surface area contributed by atoms with Gasteiger partial charge in [-0.1, -0.05) is 170 Å². The molecule has 0 aliphatic heterocycles. The van der Waals surface area contributed by atoms with Crippen LogP contribution in [0.4, 0.5) is 0 Å². The van der Waals surface area contributed by atoms with Gasteiger partial charge >= 0.3 is 0 Å². The molecule has 10 aromatic rings. The molecule has 0 bridgehead atoms. The Kier molecular flexibility index (Phi) is 13.4. The number of aryl methyl sites for hydroxylation is 2. The summed E-state index contributed by atoms with van der Waals surface area (Å²) in [5.74, 6) is 1.39. The van der Waals surface area contributed by atoms with E-state index in [1.165, 1.54) is 50.2 Å². The zero-order valence-electron chi connectivity index (χ0n) is 39.5. The average molecular weight is 1040 g/mol. The van der Waals surface area contributed by atoms with Crippen molar-refractivity contribution in [3.8, 4) is 50.6 Å². The van der Waals surface area contributed by atoms with Crippen LogP contribution in [0.15, 0.2) is 162 Å². The minimum absolute atomic E-state index is 0. The number of hydrogen-bond donors (Lipinski definition) is 0. The average Bonchev–Trinajstić information content (AvgIpc) is 3.89. The number of furan rings is 1. The Labute approximate surface area is 404 Å². The Bertz CT molecular complexity index is 3230. The smallest absolute Gasteiger partial charge is 0.120 e. The first-order chi connectivity index (χ1) is 31.3. The van der Waals surface area contributed by atoms with Gasteiger partial charge in [0.25, 0.3) is 0 Å². The van der Waals surface area contributed by atoms with Crippen molar-refractivity contribution in [2.45, 2.75) is 80.6 Å². The number of aromatic nitrogens is 3. The SMILES string of the molecule is Cc1c[c-]c(-c2ccc(CC(C)(C)C)cn2)cc1.Cc1c[c-]c(-c2nc3ccccc3n2-c2c(C(C)C)cc(-c3ccc(-c4ccccc4)cc3)cc2C(C)C)c2oc3ccccc3c12.[Ir]. The van der Waals surface area contributed by atoms with Crippen LogP contribution in [0.5, 0.6) is 0 Å². The van der Waals surface area contributed by atoms with E-state index in [0.717, 1.165) is 67.6 Å². The summed E-state index contributed by atoms with van der Waals surface area (Å²) in [6.45, 7) is 20.1. The van der Waals surface area contributed by atoms with Crippen LogP contribution in [0.2, 0.25) is 0 Å². The van der Waals surface area contributed by atoms with Crippen molar-refractivity contribution in [3.63, 3.8) is 0 Å². The molecule has 1 radical (unpaired) electrons. The summed E-state index contributed by atoms with van der Waals surface area (Å²) in [5, 5.41) is 2.24. The minimum Gasteiger partial charge on any atom is -0.501 e. The summed E-state index contributed by atoms with van der Waals surface area (Å²) in [4.78, 5) is 9.83. The Morgan fingerprint density at radius 1 is 0.652 bits per heavy atom. The van der Waals surface area contributed by atoms with Crippen molar-refractivity contribution in [1.29, 1.82) is 0 Å². The molecular weight excluding hydrogens is 983 g/mol. The number of para-hydroxylation sites is 3. The molecule has 66 heavy (non-hydrogen) atoms. The van der Waals surface area contributed by atoms with Crippen molar-refractivity contribution in [2.24, 2.45) is 5.41 Å². The molecule has 0 saturated carbocycles. The number of nitrogens with zero attached hydrogens (tertiary/aromatic N) is 3. The molecule has 0 N–H and O–H groups in total. The van der Waals surface area contributed by atoms with Crippen LogP contribution in [-0.2, 0) is 26.5 Å². The van der Waals surface area contributed by atoms with Crippen LogP contribution in [0.25, 0.3) is 83.6 Å². The van der Waals surface area contributed by atoms with Crippen LogP contribution >= 0.6 is 0 Å². The van der Waals surface area contributed by atoms with Gasteiger partial charge in [0.15, 0.2) is 0 Å². The number of hydrogen-bond acceptors (Lipinski definition) is 3. The summed E-state index contributed by atoms with van der Waals surface area (Å²) >= 11 is 0. The Morgan fingerprint density at radius 3 is 1.92 bits per heavy atom. The third-order valence-electron chi connectivity index (χ3n) is 12.2. The second-order valence-corrected chi connectivity index (χ2v) is 19.2. The molecule has 4 nitrogen and oxygen atoms in total. The fraction of sp³-hybridized carbons (Fsp3) is 0.213. The number of fused-ring (bicyclic) bond motifs is 4. The van der Waals surface area contributed by atoms with E-state index < -0.39 is 0 Å². The standard InChI is InChI=1S/C44H37N2O.C17H20N.Ir/c1-27(2)36-25-33(32-22-20-31(21-23-32)30-13-7-6-8-14-30)26-37(28(3)4)42(36)46-39-17-11-10-16-38(39)45-44(46)35-24-19-29(5)41-34-15-9-12-18-40(34)47-43(35)41;1-13-5-8-15(9-6-13)16-10-7-14(12-18-16)11-17(2,3)4;/h6-23,25-28H,1-5H3;5-8,10,12H,11H2,1-4H3;/q2*-1;. The van der Waals surface area contributed by atoms with E-state index in [-0.39, 0.29) is 31.9 Å². The largest absolute Gasteiger partial charge is 0.501 e. The first-order valence-electron chi connectivity index (χ1n) is 22.9. The van der Waals surface area contributed by atoms with Crippen molar-refractivity contribution in [3.05, 3.63) is 198 Å². The Hall–Kier alpha value is -6.39. The molecule has 0 amide bonds. The molecule has 0 spiro atoms. The van der Waals surface area contributed by atoms with Gasteiger partial charge in [-0.25, -0.2) is 0 Å². The second-order valence-electron chi connectivity index (χ2n) is 19.2. The van der Waals surface area contributed by atoms with Crippen molar-refractivity contribution in [2.75, 3.05) is 0 Å². The summed E-state index contributed by atoms with van der Waals surface area (Å²) in [7, 11) is 0. The summed E-state index contributed by atoms with van der Waals surface area (Å²) in [5.41, 5.74) is 19.3. The molecule has 0 fully saturated rings. The van der Waals surface area contributed by atoms with Gasteiger partial charge in [0, 0.05) is 37.4 Å². The molecule has 10 rings (SSSR count). The molecule has 0 aliphatic rings. The fourth-order valence-electron chi connectivity index (χ4n) is 8.95. The van der Waals surface area contributed by atoms with E-state index in [1.807, 2.05) is 24.4 Å². The van der Waals surface area contributed by atoms with Gasteiger partial charge in [0.05, 0.1) is 22.4 Å². The maximum Gasteiger partial charge on any atom is 0.120 e. The van der Waals surface area contributed by atoms with Crippen LogP contribution in [-0.4, -0.2) is 14.5 Å². The molecule has 333 valence electrons. The van der Waals surface area contributed by atoms with E-state index in [0.29, 0.717) is 5.41 Å². The van der Waals surface area contributed by atoms with Gasteiger partial charge in [0.2, 0.25) is 0 Å². The second kappa shape index (κ2) is 19.2. The molecule has 0 aliphatic carbocycles. The first kappa shape index (κ1) is 46.2. The van der Waals surface area contributed by atoms with Crippen LogP contribution in [0.1, 0.15) is 88.1 Å². The van der Waals surface area contributed by atoms with Gasteiger partial charge in [-0.15, -0.1) is 53.1 Å². The van der Waals surface area contributed by atoms with Crippen LogP contribution in [0.3, 0.4) is 0 Å². The van der Waals surface area contributed by atoms with E-state index in [9.17, 15) is 0 Å². The molecule has 0 atom stereocenters. The van der Waals surface area contributed by atoms with Crippen molar-refractivity contribution in [1.82, 2.24) is 14.5 Å². The number of imidazole rings is 1. The molecule has 3 aromatic heterocycles. The van der Waals surface area contributed by atoms with Crippen molar-refractivity contribution >= 4 is 33.0 Å². The van der Waals surface area contributed by atoms with E-state index >= 15 is 0 Å². The number of benzene rings is 7. The Balaban J connectivity index is 0.000000263. The molecule has 0 saturated heterocycles. The maximum atomic E-state index is 6.60. The van der Waals surface area contributed by atoms with Crippen molar-refractivity contribution < 1.29 is 24.5 Å². The fourth-order valence-corrected chi connectivity index (χ4v) is 8.95. The van der Waals surface area contributed by atoms with Gasteiger partial charge in [-0.3, -0.25) is 4.98 Å². The normalized spacial score (nSPS) is 11.6. The number of pyridine rings is 1. The van der Waals surface area contributed by atoms with Gasteiger partial charge < -0.3 is 14.0 Å². The Morgan fingerprint density at radius 2 is 1.29 bits per heavy atom. The zero-order valence-corrected chi connectivity index (χ0v) is 41.9. The molecule has 3 heterocycles. The van der Waals surface area contributed by atoms with E-state index in [2.05, 4.69) is 217 Å². The topological polar surface area (TPSA) is 43.9 Å². The van der Waals surface area contributed by atoms with E-state index in [4.69, 9.17) is 9.40 Å². The zero-order chi connectivity index (χ0) is 45.4. The minimum atomic E-state index is 0. The monoisotopic (exact) mass is 1040 g/mol. The molecule has 0 unspecified atom stereocenters. The predicted molar refractivity (Wildman–Crippen MR) is 273 cm³/mol. The maximum absolute atomic E-state index is 6.60. The molecular formula is C61H57IrN3O-2. The predicted octanol–water partition coefficient (Wildman–Crippen LogP) is 16.7. The first-order valence-corrected chi connectivity index (χ1v) is 22.9. The van der Waals surface area contributed by atoms with E-state index in [1.54, 1.807) is 0 Å². The summed E-state index contributed by atoms with van der Waals surface area (Å²) in [6, 6.07) is 60.4. The quantitative estimate of drug-likeness (QED) is 0.142. The van der Waals surface area contributed by atoms with Gasteiger partial charge in [-0.05, 0) is 98.6 Å². The van der Waals surface area contributed by atoms with Gasteiger partial charge in [0.1, 0.15) is 5.58 Å². The third kappa shape index (κ3) is 9.47. The van der Waals surface area contributed by atoms with Crippen LogP contribution in [0, 0.1) is 31.4 Å².